The van der Waals surface area contributed by atoms with Gasteiger partial charge in [0.15, 0.2) is 0 Å². The highest BCUT2D eigenvalue weighted by atomic mass is 16.2. The van der Waals surface area contributed by atoms with Crippen LogP contribution in [0.3, 0.4) is 0 Å². The van der Waals surface area contributed by atoms with Gasteiger partial charge in [0.2, 0.25) is 5.91 Å². The van der Waals surface area contributed by atoms with Gasteiger partial charge in [-0.1, -0.05) is 37.5 Å². The number of likely N-dealkylation sites (tertiary alicyclic amines) is 1. The van der Waals surface area contributed by atoms with E-state index in [-0.39, 0.29) is 23.1 Å². The number of aryl methyl sites for hydroxylation is 2. The fourth-order valence-electron chi connectivity index (χ4n) is 5.38. The Balaban J connectivity index is 1.52. The Kier molecular flexibility index (Phi) is 5.67. The Labute approximate surface area is 178 Å². The first-order chi connectivity index (χ1) is 14.4. The second-order valence-electron chi connectivity index (χ2n) is 9.02. The van der Waals surface area contributed by atoms with E-state index in [0.29, 0.717) is 25.2 Å². The van der Waals surface area contributed by atoms with Crippen molar-refractivity contribution in [1.29, 1.82) is 0 Å². The number of carbonyl (C=O) groups is 2. The van der Waals surface area contributed by atoms with Crippen molar-refractivity contribution >= 4 is 11.8 Å². The monoisotopic (exact) mass is 408 g/mol. The number of hydrogen-bond donors (Lipinski definition) is 1. The predicted molar refractivity (Wildman–Crippen MR) is 116 cm³/mol. The number of aromatic nitrogens is 2. The van der Waals surface area contributed by atoms with Crippen LogP contribution in [-0.2, 0) is 18.4 Å². The van der Waals surface area contributed by atoms with Crippen molar-refractivity contribution in [1.82, 2.24) is 20.0 Å². The summed E-state index contributed by atoms with van der Waals surface area (Å²) >= 11 is 0. The fourth-order valence-corrected chi connectivity index (χ4v) is 5.38. The zero-order valence-corrected chi connectivity index (χ0v) is 18.3. The molecule has 1 saturated heterocycles. The number of hydrogen-bond acceptors (Lipinski definition) is 3. The number of amides is 2. The van der Waals surface area contributed by atoms with Gasteiger partial charge in [-0.25, -0.2) is 0 Å². The fraction of sp³-hybridized carbons (Fsp3) is 0.542. The van der Waals surface area contributed by atoms with Gasteiger partial charge in [0, 0.05) is 48.9 Å². The van der Waals surface area contributed by atoms with Crippen LogP contribution >= 0.6 is 0 Å². The van der Waals surface area contributed by atoms with E-state index in [9.17, 15) is 9.59 Å². The summed E-state index contributed by atoms with van der Waals surface area (Å²) in [4.78, 5) is 28.4. The largest absolute Gasteiger partial charge is 0.352 e. The molecule has 1 spiro atoms. The molecular formula is C24H32N4O2. The van der Waals surface area contributed by atoms with Crippen LogP contribution in [0.1, 0.15) is 59.4 Å². The quantitative estimate of drug-likeness (QED) is 0.843. The molecule has 2 fully saturated rings. The Morgan fingerprint density at radius 2 is 1.83 bits per heavy atom. The average molecular weight is 409 g/mol. The third kappa shape index (κ3) is 3.75. The minimum atomic E-state index is -0.150. The van der Waals surface area contributed by atoms with Gasteiger partial charge in [-0.2, -0.15) is 5.10 Å². The van der Waals surface area contributed by atoms with Crippen molar-refractivity contribution in [3.8, 4) is 0 Å². The Bertz CT molecular complexity index is 928. The average Bonchev–Trinajstić information content (AvgIpc) is 3.23. The third-order valence-electron chi connectivity index (χ3n) is 7.22. The van der Waals surface area contributed by atoms with Gasteiger partial charge in [0.25, 0.3) is 5.91 Å². The van der Waals surface area contributed by atoms with Crippen LogP contribution in [0, 0.1) is 25.2 Å². The van der Waals surface area contributed by atoms with Crippen LogP contribution in [-0.4, -0.2) is 39.6 Å². The molecular weight excluding hydrogens is 376 g/mol. The van der Waals surface area contributed by atoms with E-state index in [2.05, 4.69) is 10.4 Å². The summed E-state index contributed by atoms with van der Waals surface area (Å²) in [5.74, 6) is -0.0412. The van der Waals surface area contributed by atoms with Gasteiger partial charge in [-0.15, -0.1) is 0 Å². The number of nitrogens with zero attached hydrogens (tertiary/aromatic N) is 3. The van der Waals surface area contributed by atoms with E-state index in [1.165, 1.54) is 6.42 Å². The van der Waals surface area contributed by atoms with Crippen LogP contribution in [0.2, 0.25) is 0 Å². The molecule has 1 atom stereocenters. The minimum absolute atomic E-state index is 0.0368. The number of benzene rings is 1. The lowest BCUT2D eigenvalue weighted by Crippen LogP contribution is -2.42. The van der Waals surface area contributed by atoms with Crippen molar-refractivity contribution in [2.24, 2.45) is 18.4 Å². The summed E-state index contributed by atoms with van der Waals surface area (Å²) in [6.45, 7) is 5.69. The first-order valence-electron chi connectivity index (χ1n) is 11.0. The lowest BCUT2D eigenvalue weighted by atomic mass is 9.67. The topological polar surface area (TPSA) is 67.2 Å². The zero-order chi connectivity index (χ0) is 21.3. The molecule has 6 heteroatoms. The second-order valence-corrected chi connectivity index (χ2v) is 9.02. The SMILES string of the molecule is Cc1nn(C)c(C)c1CNC(=O)[C@@H]1CN(C(=O)c2ccccc2)CC12CCCCC2. The highest BCUT2D eigenvalue weighted by Gasteiger charge is 2.51. The van der Waals surface area contributed by atoms with Crippen LogP contribution in [0.5, 0.6) is 0 Å². The Hall–Kier alpha value is -2.63. The molecule has 2 heterocycles. The maximum absolute atomic E-state index is 13.3. The highest BCUT2D eigenvalue weighted by molar-refractivity contribution is 5.95. The molecule has 160 valence electrons. The molecule has 6 nitrogen and oxygen atoms in total. The number of nitrogens with one attached hydrogen (secondary N) is 1. The van der Waals surface area contributed by atoms with Gasteiger partial charge in [0.1, 0.15) is 0 Å². The molecule has 2 amide bonds. The van der Waals surface area contributed by atoms with E-state index >= 15 is 0 Å². The zero-order valence-electron chi connectivity index (χ0n) is 18.3. The summed E-state index contributed by atoms with van der Waals surface area (Å²) in [6, 6.07) is 9.42. The molecule has 1 aromatic heterocycles. The molecule has 4 rings (SSSR count). The molecule has 1 aromatic carbocycles. The second kappa shape index (κ2) is 8.25. The van der Waals surface area contributed by atoms with Crippen molar-refractivity contribution < 1.29 is 9.59 Å². The lowest BCUT2D eigenvalue weighted by Gasteiger charge is -2.37. The van der Waals surface area contributed by atoms with E-state index in [4.69, 9.17) is 0 Å². The number of carbonyl (C=O) groups excluding carboxylic acids is 2. The molecule has 2 aromatic rings. The van der Waals surface area contributed by atoms with Crippen molar-refractivity contribution in [3.63, 3.8) is 0 Å². The van der Waals surface area contributed by atoms with Gasteiger partial charge in [-0.3, -0.25) is 14.3 Å². The minimum Gasteiger partial charge on any atom is -0.352 e. The van der Waals surface area contributed by atoms with Crippen molar-refractivity contribution in [2.75, 3.05) is 13.1 Å². The smallest absolute Gasteiger partial charge is 0.253 e. The standard InChI is InChI=1S/C24H32N4O2/c1-17-20(18(2)27(3)26-17)14-25-22(29)21-15-28(16-24(21)12-8-5-9-13-24)23(30)19-10-6-4-7-11-19/h4,6-7,10-11,21H,5,8-9,12-16H2,1-3H3,(H,25,29)/t21-/m0/s1. The molecule has 2 aliphatic rings. The summed E-state index contributed by atoms with van der Waals surface area (Å²) in [6.07, 6.45) is 5.54. The summed E-state index contributed by atoms with van der Waals surface area (Å²) in [7, 11) is 1.93. The van der Waals surface area contributed by atoms with Crippen LogP contribution < -0.4 is 5.32 Å². The Morgan fingerprint density at radius 1 is 1.13 bits per heavy atom. The molecule has 0 unspecified atom stereocenters. The third-order valence-corrected chi connectivity index (χ3v) is 7.22. The van der Waals surface area contributed by atoms with Crippen LogP contribution in [0.4, 0.5) is 0 Å². The molecule has 1 aliphatic heterocycles. The van der Waals surface area contributed by atoms with Crippen molar-refractivity contribution in [3.05, 3.63) is 52.8 Å². The molecule has 1 aliphatic carbocycles. The van der Waals surface area contributed by atoms with Crippen LogP contribution in [0.25, 0.3) is 0 Å². The Morgan fingerprint density at radius 3 is 2.47 bits per heavy atom. The van der Waals surface area contributed by atoms with Crippen molar-refractivity contribution in [2.45, 2.75) is 52.5 Å². The maximum atomic E-state index is 13.3. The maximum Gasteiger partial charge on any atom is 0.253 e. The predicted octanol–water partition coefficient (Wildman–Crippen LogP) is 3.38. The molecule has 30 heavy (non-hydrogen) atoms. The van der Waals surface area contributed by atoms with Gasteiger partial charge in [0.05, 0.1) is 11.6 Å². The molecule has 0 radical (unpaired) electrons. The molecule has 1 N–H and O–H groups in total. The summed E-state index contributed by atoms with van der Waals surface area (Å²) in [5.41, 5.74) is 3.72. The summed E-state index contributed by atoms with van der Waals surface area (Å²) in [5, 5.41) is 7.63. The van der Waals surface area contributed by atoms with E-state index in [1.54, 1.807) is 0 Å². The van der Waals surface area contributed by atoms with Gasteiger partial charge >= 0.3 is 0 Å². The first kappa shape index (κ1) is 20.6. The lowest BCUT2D eigenvalue weighted by molar-refractivity contribution is -0.128. The normalized spacial score (nSPS) is 20.5. The van der Waals surface area contributed by atoms with E-state index in [0.717, 1.165) is 42.6 Å². The first-order valence-corrected chi connectivity index (χ1v) is 11.0. The molecule has 1 saturated carbocycles. The van der Waals surface area contributed by atoms with Gasteiger partial charge < -0.3 is 10.2 Å². The summed E-state index contributed by atoms with van der Waals surface area (Å²) < 4.78 is 1.86. The van der Waals surface area contributed by atoms with Gasteiger partial charge in [-0.05, 0) is 38.8 Å². The van der Waals surface area contributed by atoms with E-state index in [1.807, 2.05) is 60.8 Å². The van der Waals surface area contributed by atoms with E-state index < -0.39 is 0 Å². The molecule has 0 bridgehead atoms. The van der Waals surface area contributed by atoms with Crippen LogP contribution in [0.15, 0.2) is 30.3 Å². The highest BCUT2D eigenvalue weighted by Crippen LogP contribution is 2.48. The number of rotatable bonds is 4.